The lowest BCUT2D eigenvalue weighted by atomic mass is 10.0. The number of halogens is 3. The molecule has 210 valence electrons. The number of pyridine rings is 1. The lowest BCUT2D eigenvalue weighted by molar-refractivity contribution is -0.141. The molecular weight excluding hydrogens is 553 g/mol. The summed E-state index contributed by atoms with van der Waals surface area (Å²) in [4.78, 5) is 24.3. The molecule has 1 aliphatic heterocycles. The zero-order valence-corrected chi connectivity index (χ0v) is 23.5. The zero-order chi connectivity index (χ0) is 28.5. The van der Waals surface area contributed by atoms with E-state index >= 15 is 0 Å². The molecule has 0 aliphatic carbocycles. The number of carbonyl (C=O) groups is 1. The van der Waals surface area contributed by atoms with Gasteiger partial charge in [-0.25, -0.2) is 18.4 Å². The van der Waals surface area contributed by atoms with Crippen molar-refractivity contribution in [2.45, 2.75) is 57.4 Å². The summed E-state index contributed by atoms with van der Waals surface area (Å²) < 4.78 is 68.4. The van der Waals surface area contributed by atoms with Gasteiger partial charge in [0.05, 0.1) is 35.9 Å². The van der Waals surface area contributed by atoms with Crippen LogP contribution in [0.3, 0.4) is 0 Å². The SMILES string of the molecule is CCS(=O)(=O)c1ccc(CC(=O)Nc2nc3c(s2)CN(Cc2ccc(C(F)(F)F)nc2OC)[C@H]3C(C)C)cc1. The number of nitrogens with zero attached hydrogens (tertiary/aromatic N) is 3. The molecule has 1 aromatic carbocycles. The number of ether oxygens (including phenoxy) is 1. The molecule has 0 spiro atoms. The molecular formula is C26H29F3N4O4S2. The van der Waals surface area contributed by atoms with Gasteiger partial charge in [-0.1, -0.05) is 39.0 Å². The highest BCUT2D eigenvalue weighted by Crippen LogP contribution is 2.43. The zero-order valence-electron chi connectivity index (χ0n) is 21.9. The smallest absolute Gasteiger partial charge is 0.433 e. The van der Waals surface area contributed by atoms with Gasteiger partial charge < -0.3 is 10.1 Å². The van der Waals surface area contributed by atoms with Gasteiger partial charge in [-0.2, -0.15) is 13.2 Å². The third-order valence-corrected chi connectivity index (χ3v) is 9.17. The van der Waals surface area contributed by atoms with Crippen molar-refractivity contribution in [1.29, 1.82) is 0 Å². The Morgan fingerprint density at radius 3 is 2.46 bits per heavy atom. The number of rotatable bonds is 9. The van der Waals surface area contributed by atoms with Gasteiger partial charge in [0.2, 0.25) is 11.8 Å². The Labute approximate surface area is 229 Å². The molecule has 39 heavy (non-hydrogen) atoms. The maximum absolute atomic E-state index is 13.1. The summed E-state index contributed by atoms with van der Waals surface area (Å²) in [6.07, 6.45) is -4.49. The second-order valence-corrected chi connectivity index (χ2v) is 12.9. The first-order valence-electron chi connectivity index (χ1n) is 12.3. The van der Waals surface area contributed by atoms with Crippen LogP contribution in [0.5, 0.6) is 5.88 Å². The monoisotopic (exact) mass is 582 g/mol. The minimum atomic E-state index is -4.56. The van der Waals surface area contributed by atoms with Crippen molar-refractivity contribution in [3.8, 4) is 5.88 Å². The molecule has 4 rings (SSSR count). The highest BCUT2D eigenvalue weighted by Gasteiger charge is 2.37. The number of carbonyl (C=O) groups excluding carboxylic acids is 1. The van der Waals surface area contributed by atoms with Crippen molar-refractivity contribution in [2.24, 2.45) is 5.92 Å². The molecule has 3 aromatic rings. The van der Waals surface area contributed by atoms with Crippen LogP contribution in [0.1, 0.15) is 54.2 Å². The Morgan fingerprint density at radius 2 is 1.87 bits per heavy atom. The van der Waals surface area contributed by atoms with Gasteiger partial charge in [-0.3, -0.25) is 9.69 Å². The van der Waals surface area contributed by atoms with Crippen LogP contribution in [0, 0.1) is 5.92 Å². The maximum Gasteiger partial charge on any atom is 0.433 e. The summed E-state index contributed by atoms with van der Waals surface area (Å²) in [7, 11) is -2.01. The number of amides is 1. The van der Waals surface area contributed by atoms with E-state index in [9.17, 15) is 26.4 Å². The number of nitrogens with one attached hydrogen (secondary N) is 1. The highest BCUT2D eigenvalue weighted by molar-refractivity contribution is 7.91. The van der Waals surface area contributed by atoms with Gasteiger partial charge >= 0.3 is 6.18 Å². The number of thiazole rings is 1. The molecule has 0 bridgehead atoms. The number of hydrogen-bond acceptors (Lipinski definition) is 8. The van der Waals surface area contributed by atoms with E-state index in [1.807, 2.05) is 13.8 Å². The number of hydrogen-bond donors (Lipinski definition) is 1. The number of aromatic nitrogens is 2. The van der Waals surface area contributed by atoms with E-state index < -0.39 is 21.7 Å². The number of sulfone groups is 1. The fraction of sp³-hybridized carbons (Fsp3) is 0.423. The van der Waals surface area contributed by atoms with E-state index in [-0.39, 0.29) is 40.8 Å². The Morgan fingerprint density at radius 1 is 1.18 bits per heavy atom. The average Bonchev–Trinajstić information content (AvgIpc) is 3.40. The van der Waals surface area contributed by atoms with E-state index in [0.29, 0.717) is 29.3 Å². The molecule has 13 heteroatoms. The lowest BCUT2D eigenvalue weighted by Gasteiger charge is -2.28. The van der Waals surface area contributed by atoms with Crippen LogP contribution in [0.25, 0.3) is 0 Å². The molecule has 3 heterocycles. The third kappa shape index (κ3) is 6.42. The Bertz CT molecular complexity index is 1450. The second kappa shape index (κ2) is 11.2. The molecule has 1 N–H and O–H groups in total. The molecule has 0 saturated carbocycles. The van der Waals surface area contributed by atoms with Crippen molar-refractivity contribution in [3.63, 3.8) is 0 Å². The van der Waals surface area contributed by atoms with Crippen LogP contribution in [-0.4, -0.2) is 42.1 Å². The van der Waals surface area contributed by atoms with Crippen molar-refractivity contribution in [1.82, 2.24) is 14.9 Å². The van der Waals surface area contributed by atoms with Crippen LogP contribution in [0.4, 0.5) is 18.3 Å². The average molecular weight is 583 g/mol. The van der Waals surface area contributed by atoms with Crippen molar-refractivity contribution in [3.05, 3.63) is 63.8 Å². The predicted molar refractivity (Wildman–Crippen MR) is 141 cm³/mol. The van der Waals surface area contributed by atoms with Crippen LogP contribution < -0.4 is 10.1 Å². The van der Waals surface area contributed by atoms with Crippen molar-refractivity contribution in [2.75, 3.05) is 18.2 Å². The number of methoxy groups -OCH3 is 1. The topological polar surface area (TPSA) is 101 Å². The van der Waals surface area contributed by atoms with Gasteiger partial charge in [-0.05, 0) is 29.7 Å². The van der Waals surface area contributed by atoms with E-state index in [0.717, 1.165) is 16.6 Å². The molecule has 1 aliphatic rings. The predicted octanol–water partition coefficient (Wildman–Crippen LogP) is 5.25. The number of benzene rings is 1. The lowest BCUT2D eigenvalue weighted by Crippen LogP contribution is -2.26. The number of alkyl halides is 3. The molecule has 0 radical (unpaired) electrons. The van der Waals surface area contributed by atoms with Gasteiger partial charge in [0.25, 0.3) is 0 Å². The normalized spacial score (nSPS) is 15.9. The minimum absolute atomic E-state index is 0.00508. The summed E-state index contributed by atoms with van der Waals surface area (Å²) >= 11 is 1.36. The summed E-state index contributed by atoms with van der Waals surface area (Å²) in [5.74, 6) is -0.190. The number of anilines is 1. The summed E-state index contributed by atoms with van der Waals surface area (Å²) in [6, 6.07) is 8.49. The minimum Gasteiger partial charge on any atom is -0.481 e. The molecule has 1 atom stereocenters. The molecule has 0 fully saturated rings. The Hall–Kier alpha value is -3.03. The molecule has 2 aromatic heterocycles. The van der Waals surface area contributed by atoms with Gasteiger partial charge in [0, 0.05) is 23.5 Å². The number of fused-ring (bicyclic) bond motifs is 1. The maximum atomic E-state index is 13.1. The fourth-order valence-corrected chi connectivity index (χ4v) is 6.51. The van der Waals surface area contributed by atoms with Gasteiger partial charge in [0.1, 0.15) is 5.69 Å². The van der Waals surface area contributed by atoms with Gasteiger partial charge in [0.15, 0.2) is 15.0 Å². The standard InChI is InChI=1S/C26H29F3N4O4S2/c1-5-39(35,36)18-9-6-16(7-10-18)12-21(34)31-25-32-22-19(38-25)14-33(23(22)15(2)3)13-17-8-11-20(26(27,28)29)30-24(17)37-4/h6-11,15,23H,5,12-14H2,1-4H3,(H,31,32,34)/t23-/m0/s1. The first-order chi connectivity index (χ1) is 18.3. The summed E-state index contributed by atoms with van der Waals surface area (Å²) in [6.45, 7) is 6.49. The first-order valence-corrected chi connectivity index (χ1v) is 14.8. The van der Waals surface area contributed by atoms with Gasteiger partial charge in [-0.15, -0.1) is 11.3 Å². The Balaban J connectivity index is 1.45. The molecule has 0 unspecified atom stereocenters. The highest BCUT2D eigenvalue weighted by atomic mass is 32.2. The van der Waals surface area contributed by atoms with Crippen LogP contribution >= 0.6 is 11.3 Å². The largest absolute Gasteiger partial charge is 0.481 e. The van der Waals surface area contributed by atoms with E-state index in [1.165, 1.54) is 36.6 Å². The fourth-order valence-electron chi connectivity index (χ4n) is 4.58. The molecule has 8 nitrogen and oxygen atoms in total. The summed E-state index contributed by atoms with van der Waals surface area (Å²) in [5.41, 5.74) is 1.04. The van der Waals surface area contributed by atoms with Crippen LogP contribution in [0.2, 0.25) is 0 Å². The molecule has 0 saturated heterocycles. The van der Waals surface area contributed by atoms with Crippen molar-refractivity contribution >= 4 is 32.2 Å². The van der Waals surface area contributed by atoms with E-state index in [4.69, 9.17) is 4.74 Å². The summed E-state index contributed by atoms with van der Waals surface area (Å²) in [5, 5.41) is 3.30. The second-order valence-electron chi connectivity index (χ2n) is 9.56. The van der Waals surface area contributed by atoms with Crippen LogP contribution in [0.15, 0.2) is 41.3 Å². The van der Waals surface area contributed by atoms with Crippen LogP contribution in [-0.2, 0) is 40.3 Å². The third-order valence-electron chi connectivity index (χ3n) is 6.45. The quantitative estimate of drug-likeness (QED) is 0.368. The van der Waals surface area contributed by atoms with Crippen molar-refractivity contribution < 1.29 is 31.1 Å². The first kappa shape index (κ1) is 29.0. The van der Waals surface area contributed by atoms with E-state index in [1.54, 1.807) is 19.1 Å². The molecule has 1 amide bonds. The Kier molecular flexibility index (Phi) is 8.33. The van der Waals surface area contributed by atoms with E-state index in [2.05, 4.69) is 20.2 Å².